The number of nitrogens with zero attached hydrogens (tertiary/aromatic N) is 1. The first-order valence-electron chi connectivity index (χ1n) is 7.26. The fourth-order valence-corrected chi connectivity index (χ4v) is 3.05. The van der Waals surface area contributed by atoms with Crippen molar-refractivity contribution in [1.82, 2.24) is 10.2 Å². The average Bonchev–Trinajstić information content (AvgIpc) is 3.11. The molecule has 2 rings (SSSR count). The lowest BCUT2D eigenvalue weighted by atomic mass is 9.91. The van der Waals surface area contributed by atoms with Crippen LogP contribution in [0.15, 0.2) is 0 Å². The number of carboxylic acid groups (broad SMARTS) is 1. The summed E-state index contributed by atoms with van der Waals surface area (Å²) in [5.41, 5.74) is -0.0614. The standard InChI is InChI=1S/C14H22N2O4/c1-2-3-11(17)15-9-12(18)16-6-4-14(5-7-16)8-10(14)13(19)20/h10H,2-9H2,1H3,(H,15,17)(H,19,20). The second-order valence-electron chi connectivity index (χ2n) is 5.86. The topological polar surface area (TPSA) is 86.7 Å². The Morgan fingerprint density at radius 2 is 1.95 bits per heavy atom. The summed E-state index contributed by atoms with van der Waals surface area (Å²) < 4.78 is 0. The smallest absolute Gasteiger partial charge is 0.307 e. The number of carbonyl (C=O) groups is 3. The number of rotatable bonds is 5. The van der Waals surface area contributed by atoms with Gasteiger partial charge in [-0.3, -0.25) is 14.4 Å². The van der Waals surface area contributed by atoms with Crippen LogP contribution in [0, 0.1) is 11.3 Å². The number of piperidine rings is 1. The van der Waals surface area contributed by atoms with Gasteiger partial charge in [-0.1, -0.05) is 6.92 Å². The average molecular weight is 282 g/mol. The van der Waals surface area contributed by atoms with Gasteiger partial charge in [0.05, 0.1) is 12.5 Å². The van der Waals surface area contributed by atoms with Crippen LogP contribution in [-0.2, 0) is 14.4 Å². The van der Waals surface area contributed by atoms with E-state index in [4.69, 9.17) is 5.11 Å². The van der Waals surface area contributed by atoms with E-state index >= 15 is 0 Å². The summed E-state index contributed by atoms with van der Waals surface area (Å²) in [5.74, 6) is -1.10. The maximum absolute atomic E-state index is 11.9. The highest BCUT2D eigenvalue weighted by atomic mass is 16.4. The Labute approximate surface area is 118 Å². The Balaban J connectivity index is 1.73. The van der Waals surface area contributed by atoms with Crippen molar-refractivity contribution in [2.45, 2.75) is 39.0 Å². The Bertz CT molecular complexity index is 413. The van der Waals surface area contributed by atoms with E-state index in [1.807, 2.05) is 6.92 Å². The van der Waals surface area contributed by atoms with Crippen molar-refractivity contribution < 1.29 is 19.5 Å². The number of carbonyl (C=O) groups excluding carboxylic acids is 2. The minimum absolute atomic E-state index is 0.0498. The third kappa shape index (κ3) is 3.11. The summed E-state index contributed by atoms with van der Waals surface area (Å²) >= 11 is 0. The van der Waals surface area contributed by atoms with Crippen molar-refractivity contribution in [3.05, 3.63) is 0 Å². The van der Waals surface area contributed by atoms with Crippen LogP contribution in [0.5, 0.6) is 0 Å². The molecule has 2 aliphatic rings. The van der Waals surface area contributed by atoms with Gasteiger partial charge in [-0.25, -0.2) is 0 Å². The second kappa shape index (κ2) is 5.81. The first-order chi connectivity index (χ1) is 9.48. The molecule has 6 nitrogen and oxygen atoms in total. The highest BCUT2D eigenvalue weighted by molar-refractivity contribution is 5.84. The van der Waals surface area contributed by atoms with E-state index in [0.29, 0.717) is 19.5 Å². The van der Waals surface area contributed by atoms with Gasteiger partial charge in [-0.15, -0.1) is 0 Å². The third-order valence-corrected chi connectivity index (χ3v) is 4.51. The van der Waals surface area contributed by atoms with Crippen molar-refractivity contribution >= 4 is 17.8 Å². The molecule has 2 N–H and O–H groups in total. The first kappa shape index (κ1) is 14.8. The zero-order chi connectivity index (χ0) is 14.8. The second-order valence-corrected chi connectivity index (χ2v) is 5.86. The molecule has 0 aromatic carbocycles. The monoisotopic (exact) mass is 282 g/mol. The van der Waals surface area contributed by atoms with Crippen LogP contribution < -0.4 is 5.32 Å². The molecule has 2 amide bonds. The Kier molecular flexibility index (Phi) is 4.30. The Morgan fingerprint density at radius 3 is 2.45 bits per heavy atom. The van der Waals surface area contributed by atoms with E-state index in [-0.39, 0.29) is 29.7 Å². The van der Waals surface area contributed by atoms with Gasteiger partial charge in [0, 0.05) is 19.5 Å². The van der Waals surface area contributed by atoms with Crippen LogP contribution in [0.3, 0.4) is 0 Å². The van der Waals surface area contributed by atoms with Crippen LogP contribution in [-0.4, -0.2) is 47.4 Å². The Hall–Kier alpha value is -1.59. The molecule has 1 saturated carbocycles. The van der Waals surface area contributed by atoms with Crippen LogP contribution in [0.1, 0.15) is 39.0 Å². The molecule has 0 radical (unpaired) electrons. The van der Waals surface area contributed by atoms with Crippen LogP contribution in [0.4, 0.5) is 0 Å². The first-order valence-corrected chi connectivity index (χ1v) is 7.26. The molecule has 1 atom stereocenters. The molecule has 1 spiro atoms. The van der Waals surface area contributed by atoms with E-state index < -0.39 is 5.97 Å². The molecule has 1 saturated heterocycles. The molecule has 20 heavy (non-hydrogen) atoms. The van der Waals surface area contributed by atoms with E-state index in [0.717, 1.165) is 25.7 Å². The zero-order valence-electron chi connectivity index (χ0n) is 11.9. The summed E-state index contributed by atoms with van der Waals surface area (Å²) in [6.07, 6.45) is 3.48. The normalized spacial score (nSPS) is 23.4. The molecule has 1 heterocycles. The van der Waals surface area contributed by atoms with Crippen molar-refractivity contribution in [1.29, 1.82) is 0 Å². The van der Waals surface area contributed by atoms with Crippen LogP contribution in [0.2, 0.25) is 0 Å². The number of hydrogen-bond acceptors (Lipinski definition) is 3. The largest absolute Gasteiger partial charge is 0.481 e. The molecular formula is C14H22N2O4. The van der Waals surface area contributed by atoms with E-state index in [1.165, 1.54) is 0 Å². The molecule has 1 aliphatic heterocycles. The summed E-state index contributed by atoms with van der Waals surface area (Å²) in [7, 11) is 0. The number of aliphatic carboxylic acids is 1. The molecular weight excluding hydrogens is 260 g/mol. The van der Waals surface area contributed by atoms with E-state index in [9.17, 15) is 14.4 Å². The van der Waals surface area contributed by atoms with Gasteiger partial charge in [0.25, 0.3) is 0 Å². The number of nitrogens with one attached hydrogen (secondary N) is 1. The highest BCUT2D eigenvalue weighted by Gasteiger charge is 2.59. The third-order valence-electron chi connectivity index (χ3n) is 4.51. The summed E-state index contributed by atoms with van der Waals surface area (Å²) in [6, 6.07) is 0. The van der Waals surface area contributed by atoms with Gasteiger partial charge >= 0.3 is 5.97 Å². The zero-order valence-corrected chi connectivity index (χ0v) is 11.9. The van der Waals surface area contributed by atoms with Crippen molar-refractivity contribution in [2.75, 3.05) is 19.6 Å². The molecule has 2 fully saturated rings. The van der Waals surface area contributed by atoms with Gasteiger partial charge < -0.3 is 15.3 Å². The molecule has 6 heteroatoms. The van der Waals surface area contributed by atoms with Gasteiger partial charge in [0.15, 0.2) is 0 Å². The predicted molar refractivity (Wildman–Crippen MR) is 71.9 cm³/mol. The lowest BCUT2D eigenvalue weighted by Gasteiger charge is -2.32. The van der Waals surface area contributed by atoms with E-state index in [1.54, 1.807) is 4.90 Å². The minimum Gasteiger partial charge on any atom is -0.481 e. The molecule has 0 aromatic rings. The molecule has 1 unspecified atom stereocenters. The number of amides is 2. The summed E-state index contributed by atoms with van der Waals surface area (Å²) in [5, 5.41) is 11.6. The van der Waals surface area contributed by atoms with Crippen molar-refractivity contribution in [2.24, 2.45) is 11.3 Å². The van der Waals surface area contributed by atoms with Gasteiger partial charge in [-0.2, -0.15) is 0 Å². The van der Waals surface area contributed by atoms with Crippen molar-refractivity contribution in [3.8, 4) is 0 Å². The lowest BCUT2D eigenvalue weighted by Crippen LogP contribution is -2.44. The maximum atomic E-state index is 11.9. The van der Waals surface area contributed by atoms with Gasteiger partial charge in [0.1, 0.15) is 0 Å². The fourth-order valence-electron chi connectivity index (χ4n) is 3.05. The number of carboxylic acids is 1. The highest BCUT2D eigenvalue weighted by Crippen LogP contribution is 2.59. The Morgan fingerprint density at radius 1 is 1.30 bits per heavy atom. The summed E-state index contributed by atoms with van der Waals surface area (Å²) in [6.45, 7) is 3.17. The number of likely N-dealkylation sites (tertiary alicyclic amines) is 1. The fraction of sp³-hybridized carbons (Fsp3) is 0.786. The molecule has 1 aliphatic carbocycles. The van der Waals surface area contributed by atoms with Gasteiger partial charge in [-0.05, 0) is 31.1 Å². The minimum atomic E-state index is -0.711. The molecule has 0 bridgehead atoms. The van der Waals surface area contributed by atoms with E-state index in [2.05, 4.69) is 5.32 Å². The maximum Gasteiger partial charge on any atom is 0.307 e. The molecule has 0 aromatic heterocycles. The van der Waals surface area contributed by atoms with Crippen LogP contribution >= 0.6 is 0 Å². The molecule has 112 valence electrons. The summed E-state index contributed by atoms with van der Waals surface area (Å²) in [4.78, 5) is 36.0. The quantitative estimate of drug-likeness (QED) is 0.773. The SMILES string of the molecule is CCCC(=O)NCC(=O)N1CCC2(CC1)CC2C(=O)O. The number of hydrogen-bond donors (Lipinski definition) is 2. The van der Waals surface area contributed by atoms with Crippen molar-refractivity contribution in [3.63, 3.8) is 0 Å². The van der Waals surface area contributed by atoms with Crippen LogP contribution in [0.25, 0.3) is 0 Å². The van der Waals surface area contributed by atoms with Gasteiger partial charge in [0.2, 0.25) is 11.8 Å². The predicted octanol–water partition coefficient (Wildman–Crippen LogP) is 0.616. The lowest BCUT2D eigenvalue weighted by molar-refractivity contribution is -0.140.